The molecule has 0 aromatic carbocycles. The van der Waals surface area contributed by atoms with E-state index in [0.717, 1.165) is 30.1 Å². The first-order valence-corrected chi connectivity index (χ1v) is 13.1. The first-order valence-electron chi connectivity index (χ1n) is 11.9. The molecule has 0 radical (unpaired) electrons. The van der Waals surface area contributed by atoms with E-state index in [1.54, 1.807) is 14.1 Å². The number of halogens is 1. The maximum absolute atomic E-state index is 13.2. The van der Waals surface area contributed by atoms with Crippen LogP contribution in [0.2, 0.25) is 5.02 Å². The highest BCUT2D eigenvalue weighted by Gasteiger charge is 2.37. The van der Waals surface area contributed by atoms with Gasteiger partial charge in [0.25, 0.3) is 5.91 Å². The molecule has 37 heavy (non-hydrogen) atoms. The third kappa shape index (κ3) is 6.59. The Labute approximate surface area is 223 Å². The summed E-state index contributed by atoms with van der Waals surface area (Å²) >= 11 is 7.10. The van der Waals surface area contributed by atoms with Crippen LogP contribution in [-0.2, 0) is 27.3 Å². The largest absolute Gasteiger partial charge is 0.349 e. The number of thiazole rings is 1. The van der Waals surface area contributed by atoms with Gasteiger partial charge in [0.05, 0.1) is 29.2 Å². The van der Waals surface area contributed by atoms with Crippen molar-refractivity contribution in [3.05, 3.63) is 33.0 Å². The summed E-state index contributed by atoms with van der Waals surface area (Å²) in [5.41, 5.74) is 0.934. The summed E-state index contributed by atoms with van der Waals surface area (Å²) in [6.07, 6.45) is 4.61. The fourth-order valence-electron chi connectivity index (χ4n) is 4.51. The third-order valence-electron chi connectivity index (χ3n) is 6.44. The average molecular weight is 549 g/mol. The predicted octanol–water partition coefficient (Wildman–Crippen LogP) is 0.685. The summed E-state index contributed by atoms with van der Waals surface area (Å²) in [6, 6.07) is -1.12. The number of nitrogens with one attached hydrogen (secondary N) is 3. The minimum absolute atomic E-state index is 0.0468. The normalized spacial score (nSPS) is 21.5. The predicted molar refractivity (Wildman–Crippen MR) is 137 cm³/mol. The Morgan fingerprint density at radius 2 is 1.81 bits per heavy atom. The fourth-order valence-corrected chi connectivity index (χ4v) is 5.70. The fraction of sp³-hybridized carbons (Fsp3) is 0.522. The minimum Gasteiger partial charge on any atom is -0.349 e. The number of hydrogen-bond donors (Lipinski definition) is 3. The van der Waals surface area contributed by atoms with Gasteiger partial charge in [0, 0.05) is 50.4 Å². The van der Waals surface area contributed by atoms with Crippen molar-refractivity contribution in [3.8, 4) is 0 Å². The van der Waals surface area contributed by atoms with Gasteiger partial charge in [-0.3, -0.25) is 24.5 Å². The topological polar surface area (TPSA) is 150 Å². The highest BCUT2D eigenvalue weighted by atomic mass is 35.5. The van der Waals surface area contributed by atoms with Crippen LogP contribution in [0.25, 0.3) is 0 Å². The molecule has 3 N–H and O–H groups in total. The summed E-state index contributed by atoms with van der Waals surface area (Å²) in [5.74, 6) is -2.63. The van der Waals surface area contributed by atoms with Crippen LogP contribution < -0.4 is 16.0 Å². The number of amides is 4. The van der Waals surface area contributed by atoms with E-state index in [2.05, 4.69) is 35.8 Å². The second-order valence-corrected chi connectivity index (χ2v) is 11.0. The molecular formula is C23H29ClN8O4S. The van der Waals surface area contributed by atoms with Gasteiger partial charge in [0.15, 0.2) is 5.01 Å². The lowest BCUT2D eigenvalue weighted by molar-refractivity contribution is -0.137. The quantitative estimate of drug-likeness (QED) is 0.462. The number of carbonyl (C=O) groups excluding carboxylic acids is 4. The second-order valence-electron chi connectivity index (χ2n) is 9.46. The SMILES string of the molecule is CN1CCc2nc(C(=O)N[C@@H]3CC(C(=O)N(C)C)CC[C@@H]3NC(=O)C(=O)Nc3ncc(Cl)cn3)sc2C1. The van der Waals surface area contributed by atoms with Crippen LogP contribution in [-0.4, -0.2) is 88.2 Å². The van der Waals surface area contributed by atoms with Crippen molar-refractivity contribution in [2.24, 2.45) is 5.92 Å². The maximum Gasteiger partial charge on any atom is 0.316 e. The molecule has 2 aromatic rings. The minimum atomic E-state index is -0.949. The van der Waals surface area contributed by atoms with Crippen molar-refractivity contribution < 1.29 is 19.2 Å². The molecule has 1 aliphatic heterocycles. The van der Waals surface area contributed by atoms with Crippen LogP contribution >= 0.6 is 22.9 Å². The van der Waals surface area contributed by atoms with Gasteiger partial charge in [-0.2, -0.15) is 0 Å². The average Bonchev–Trinajstić information content (AvgIpc) is 3.29. The van der Waals surface area contributed by atoms with Crippen molar-refractivity contribution in [2.45, 2.75) is 44.3 Å². The van der Waals surface area contributed by atoms with E-state index in [0.29, 0.717) is 24.3 Å². The standard InChI is InChI=1S/C23H29ClN8O4S/c1-31(2)22(36)12-4-5-14(27-18(33)19(34)30-23-25-9-13(24)10-26-23)16(8-12)28-20(35)21-29-15-6-7-32(3)11-17(15)37-21/h9-10,12,14,16H,4-8,11H2,1-3H3,(H,27,33)(H,28,35)(H,25,26,30,34)/t12?,14-,16+/m0/s1. The van der Waals surface area contributed by atoms with Gasteiger partial charge in [0.2, 0.25) is 11.9 Å². The van der Waals surface area contributed by atoms with Gasteiger partial charge >= 0.3 is 11.8 Å². The molecule has 4 amide bonds. The van der Waals surface area contributed by atoms with E-state index < -0.39 is 23.9 Å². The highest BCUT2D eigenvalue weighted by molar-refractivity contribution is 7.13. The molecule has 3 atom stereocenters. The number of carbonyl (C=O) groups is 4. The number of fused-ring (bicyclic) bond motifs is 1. The van der Waals surface area contributed by atoms with E-state index in [-0.39, 0.29) is 28.7 Å². The van der Waals surface area contributed by atoms with Crippen LogP contribution in [0.4, 0.5) is 5.95 Å². The number of rotatable bonds is 5. The smallest absolute Gasteiger partial charge is 0.316 e. The van der Waals surface area contributed by atoms with Gasteiger partial charge in [0.1, 0.15) is 0 Å². The van der Waals surface area contributed by atoms with Crippen LogP contribution in [0.15, 0.2) is 12.4 Å². The molecule has 1 saturated carbocycles. The van der Waals surface area contributed by atoms with Crippen LogP contribution in [0, 0.1) is 5.92 Å². The molecule has 0 spiro atoms. The summed E-state index contributed by atoms with van der Waals surface area (Å²) in [7, 11) is 5.39. The van der Waals surface area contributed by atoms with Gasteiger partial charge in [-0.05, 0) is 26.3 Å². The summed E-state index contributed by atoms with van der Waals surface area (Å²) in [6.45, 7) is 1.63. The van der Waals surface area contributed by atoms with Gasteiger partial charge in [-0.1, -0.05) is 11.6 Å². The Balaban J connectivity index is 1.45. The lowest BCUT2D eigenvalue weighted by atomic mass is 9.81. The van der Waals surface area contributed by atoms with E-state index in [1.807, 2.05) is 7.05 Å². The lowest BCUT2D eigenvalue weighted by Gasteiger charge is -2.37. The molecule has 1 fully saturated rings. The molecule has 2 aromatic heterocycles. The molecule has 4 rings (SSSR count). The molecular weight excluding hydrogens is 520 g/mol. The number of nitrogens with zero attached hydrogens (tertiary/aromatic N) is 5. The Morgan fingerprint density at radius 3 is 2.51 bits per heavy atom. The summed E-state index contributed by atoms with van der Waals surface area (Å²) in [4.78, 5) is 67.9. The van der Waals surface area contributed by atoms with Crippen LogP contribution in [0.5, 0.6) is 0 Å². The van der Waals surface area contributed by atoms with Gasteiger partial charge in [-0.15, -0.1) is 11.3 Å². The van der Waals surface area contributed by atoms with Crippen molar-refractivity contribution >= 4 is 52.5 Å². The van der Waals surface area contributed by atoms with E-state index in [4.69, 9.17) is 11.6 Å². The monoisotopic (exact) mass is 548 g/mol. The zero-order valence-corrected chi connectivity index (χ0v) is 22.4. The zero-order valence-electron chi connectivity index (χ0n) is 20.8. The third-order valence-corrected chi connectivity index (χ3v) is 7.72. The molecule has 1 unspecified atom stereocenters. The van der Waals surface area contributed by atoms with Crippen molar-refractivity contribution in [1.82, 2.24) is 35.4 Å². The molecule has 3 heterocycles. The van der Waals surface area contributed by atoms with Gasteiger partial charge in [-0.25, -0.2) is 15.0 Å². The summed E-state index contributed by atoms with van der Waals surface area (Å²) in [5, 5.41) is 8.64. The Bertz CT molecular complexity index is 1190. The first kappa shape index (κ1) is 26.9. The second kappa shape index (κ2) is 11.5. The molecule has 0 saturated heterocycles. The number of anilines is 1. The van der Waals surface area contributed by atoms with Crippen LogP contribution in [0.3, 0.4) is 0 Å². The van der Waals surface area contributed by atoms with Gasteiger partial charge < -0.3 is 20.4 Å². The highest BCUT2D eigenvalue weighted by Crippen LogP contribution is 2.28. The zero-order chi connectivity index (χ0) is 26.7. The molecule has 14 heteroatoms. The molecule has 0 bridgehead atoms. The van der Waals surface area contributed by atoms with E-state index in [1.165, 1.54) is 28.6 Å². The van der Waals surface area contributed by atoms with Crippen molar-refractivity contribution in [1.29, 1.82) is 0 Å². The van der Waals surface area contributed by atoms with Crippen molar-refractivity contribution in [2.75, 3.05) is 33.0 Å². The number of hydrogen-bond acceptors (Lipinski definition) is 9. The molecule has 1 aliphatic carbocycles. The number of likely N-dealkylation sites (N-methyl/N-ethyl adjacent to an activating group) is 1. The number of aromatic nitrogens is 3. The maximum atomic E-state index is 13.2. The Hall–Kier alpha value is -3.16. The Morgan fingerprint density at radius 1 is 1.08 bits per heavy atom. The van der Waals surface area contributed by atoms with E-state index >= 15 is 0 Å². The molecule has 2 aliphatic rings. The summed E-state index contributed by atoms with van der Waals surface area (Å²) < 4.78 is 0. The van der Waals surface area contributed by atoms with E-state index in [9.17, 15) is 19.2 Å². The van der Waals surface area contributed by atoms with Crippen molar-refractivity contribution in [3.63, 3.8) is 0 Å². The molecule has 198 valence electrons. The van der Waals surface area contributed by atoms with Crippen LogP contribution in [0.1, 0.15) is 39.6 Å². The lowest BCUT2D eigenvalue weighted by Crippen LogP contribution is -2.57. The first-order chi connectivity index (χ1) is 17.6. The molecule has 12 nitrogen and oxygen atoms in total. The Kier molecular flexibility index (Phi) is 8.35.